The number of Topliss-reactive ketones (excluding diaryl/α,β-unsaturated/α-hetero) is 1. The van der Waals surface area contributed by atoms with Gasteiger partial charge in [0, 0.05) is 24.0 Å². The Balaban J connectivity index is 1.83. The minimum absolute atomic E-state index is 0.0162. The van der Waals surface area contributed by atoms with Crippen LogP contribution in [-0.2, 0) is 29.2 Å². The number of rotatable bonds is 13. The molecule has 13 nitrogen and oxygen atoms in total. The first-order chi connectivity index (χ1) is 18.9. The lowest BCUT2D eigenvalue weighted by atomic mass is 9.80. The van der Waals surface area contributed by atoms with E-state index in [4.69, 9.17) is 5.73 Å². The summed E-state index contributed by atoms with van der Waals surface area (Å²) in [6, 6.07) is -3.80. The van der Waals surface area contributed by atoms with Crippen LogP contribution in [0.4, 0.5) is 4.79 Å². The fourth-order valence-corrected chi connectivity index (χ4v) is 6.45. The number of piperidine rings is 1. The molecule has 6 N–H and O–H groups in total. The molecule has 0 spiro atoms. The third kappa shape index (κ3) is 7.85. The number of nitrogens with zero attached hydrogens (tertiary/aromatic N) is 1. The number of urea groups is 1. The topological polar surface area (TPSA) is 197 Å². The Hall–Kier alpha value is -3.00. The van der Waals surface area contributed by atoms with Crippen molar-refractivity contribution in [1.82, 2.24) is 25.6 Å². The molecule has 0 aromatic heterocycles. The third-order valence-electron chi connectivity index (χ3n) is 8.48. The molecule has 14 heteroatoms. The molecule has 230 valence electrons. The van der Waals surface area contributed by atoms with Gasteiger partial charge in [0.25, 0.3) is 5.91 Å². The van der Waals surface area contributed by atoms with E-state index in [2.05, 4.69) is 27.3 Å². The van der Waals surface area contributed by atoms with Crippen molar-refractivity contribution in [3.63, 3.8) is 0 Å². The normalized spacial score (nSPS) is 24.7. The van der Waals surface area contributed by atoms with Crippen LogP contribution < -0.4 is 26.4 Å². The summed E-state index contributed by atoms with van der Waals surface area (Å²) in [6.45, 7) is 12.6. The maximum absolute atomic E-state index is 13.9. The van der Waals surface area contributed by atoms with Crippen LogP contribution in [0.5, 0.6) is 0 Å². The average molecular weight is 597 g/mol. The summed E-state index contributed by atoms with van der Waals surface area (Å²) < 4.78 is 26.0. The Morgan fingerprint density at radius 1 is 1.10 bits per heavy atom. The van der Waals surface area contributed by atoms with E-state index in [1.807, 2.05) is 13.8 Å². The summed E-state index contributed by atoms with van der Waals surface area (Å²) in [7, 11) is -3.77. The summed E-state index contributed by atoms with van der Waals surface area (Å²) in [5.41, 5.74) is 4.43. The number of sulfonamides is 1. The number of ketones is 1. The number of nitrogens with one attached hydrogen (secondary N) is 4. The van der Waals surface area contributed by atoms with Gasteiger partial charge < -0.3 is 26.6 Å². The van der Waals surface area contributed by atoms with Gasteiger partial charge in [-0.3, -0.25) is 19.2 Å². The van der Waals surface area contributed by atoms with E-state index < -0.39 is 63.2 Å². The molecule has 41 heavy (non-hydrogen) atoms. The summed E-state index contributed by atoms with van der Waals surface area (Å²) in [6.07, 6.45) is 3.01. The van der Waals surface area contributed by atoms with Crippen LogP contribution in [0.15, 0.2) is 12.0 Å². The van der Waals surface area contributed by atoms with Crippen LogP contribution in [0.25, 0.3) is 0 Å². The van der Waals surface area contributed by atoms with Crippen molar-refractivity contribution in [1.29, 1.82) is 0 Å². The van der Waals surface area contributed by atoms with Crippen molar-refractivity contribution >= 4 is 39.6 Å². The molecule has 5 amide bonds. The number of fused-ring (bicyclic) bond motifs is 1. The number of hydrogen-bond donors (Lipinski definition) is 5. The third-order valence-corrected chi connectivity index (χ3v) is 9.52. The monoisotopic (exact) mass is 596 g/mol. The molecule has 3 aliphatic rings. The van der Waals surface area contributed by atoms with Gasteiger partial charge in [0.1, 0.15) is 12.1 Å². The predicted octanol–water partition coefficient (Wildman–Crippen LogP) is 0.118. The fraction of sp³-hybridized carbons (Fsp3) is 0.741. The van der Waals surface area contributed by atoms with E-state index in [1.165, 1.54) is 4.90 Å². The van der Waals surface area contributed by atoms with Crippen molar-refractivity contribution in [3.8, 4) is 0 Å². The van der Waals surface area contributed by atoms with E-state index >= 15 is 0 Å². The van der Waals surface area contributed by atoms with E-state index in [0.29, 0.717) is 6.42 Å². The van der Waals surface area contributed by atoms with Gasteiger partial charge in [-0.2, -0.15) is 0 Å². The molecule has 2 aliphatic carbocycles. The molecular formula is C27H44N6O7S. The van der Waals surface area contributed by atoms with Crippen molar-refractivity contribution < 1.29 is 32.4 Å². The zero-order valence-electron chi connectivity index (χ0n) is 24.5. The molecule has 1 saturated heterocycles. The van der Waals surface area contributed by atoms with Gasteiger partial charge in [0.15, 0.2) is 0 Å². The highest BCUT2D eigenvalue weighted by atomic mass is 32.2. The summed E-state index contributed by atoms with van der Waals surface area (Å²) in [5.74, 6) is -3.09. The minimum atomic E-state index is -3.77. The first-order valence-corrected chi connectivity index (χ1v) is 15.6. The van der Waals surface area contributed by atoms with Crippen LogP contribution >= 0.6 is 0 Å². The molecule has 2 saturated carbocycles. The second-order valence-corrected chi connectivity index (χ2v) is 14.7. The highest BCUT2D eigenvalue weighted by Crippen LogP contribution is 2.65. The smallest absolute Gasteiger partial charge is 0.315 e. The Labute approximate surface area is 241 Å². The Morgan fingerprint density at radius 2 is 1.73 bits per heavy atom. The summed E-state index contributed by atoms with van der Waals surface area (Å²) in [4.78, 5) is 66.0. The maximum Gasteiger partial charge on any atom is 0.315 e. The average Bonchev–Trinajstić information content (AvgIpc) is 3.14. The number of nitrogens with two attached hydrogens (primary N) is 1. The van der Waals surface area contributed by atoms with Crippen molar-refractivity contribution in [2.24, 2.45) is 28.9 Å². The molecular weight excluding hydrogens is 552 g/mol. The summed E-state index contributed by atoms with van der Waals surface area (Å²) in [5, 5.41) is 8.81. The van der Waals surface area contributed by atoms with Crippen molar-refractivity contribution in [2.75, 3.05) is 13.1 Å². The molecule has 1 aliphatic heterocycles. The first-order valence-electron chi connectivity index (χ1n) is 14.0. The Morgan fingerprint density at radius 3 is 2.24 bits per heavy atom. The largest absolute Gasteiger partial charge is 0.363 e. The zero-order chi connectivity index (χ0) is 30.9. The highest BCUT2D eigenvalue weighted by Gasteiger charge is 2.69. The van der Waals surface area contributed by atoms with Gasteiger partial charge in [-0.15, -0.1) is 0 Å². The number of amides is 5. The molecule has 1 unspecified atom stereocenters. The second-order valence-electron chi connectivity index (χ2n) is 13.0. The Bertz CT molecular complexity index is 1190. The van der Waals surface area contributed by atoms with Gasteiger partial charge in [0.2, 0.25) is 27.6 Å². The number of primary amides is 1. The number of hydrogen-bond acceptors (Lipinski definition) is 7. The van der Waals surface area contributed by atoms with Crippen LogP contribution in [0, 0.1) is 23.2 Å². The lowest BCUT2D eigenvalue weighted by Crippen LogP contribution is -2.60. The lowest BCUT2D eigenvalue weighted by molar-refractivity contribution is -0.143. The van der Waals surface area contributed by atoms with Gasteiger partial charge in [0.05, 0.1) is 6.04 Å². The maximum atomic E-state index is 13.9. The number of likely N-dealkylation sites (tertiary alicyclic amines) is 1. The van der Waals surface area contributed by atoms with Crippen molar-refractivity contribution in [2.45, 2.75) is 90.4 Å². The number of carbonyl (C=O) groups is 5. The fourth-order valence-electron chi connectivity index (χ4n) is 5.93. The summed E-state index contributed by atoms with van der Waals surface area (Å²) >= 11 is 0. The molecule has 0 aromatic rings. The first kappa shape index (κ1) is 32.5. The lowest BCUT2D eigenvalue weighted by Gasteiger charge is -2.35. The standard InChI is InChI=1S/C27H44N6O7S/c1-7-41(39,40)29-12-11-17(31-25(38)32-26(2,3)4)24(37)33-14-16-19(27(16,5)6)20(33)23(36)30-18(21(34)22(28)35)13-15-9-8-10-15/h7,15-20,29H,1,8-14H2,2-6H3,(H2,28,35)(H,30,36)(H2,31,32,38)/t16-,17-,18?,19-,20-/m0/s1. The Kier molecular flexibility index (Phi) is 9.58. The second kappa shape index (κ2) is 12.1. The quantitative estimate of drug-likeness (QED) is 0.186. The van der Waals surface area contributed by atoms with E-state index in [-0.39, 0.29) is 42.7 Å². The molecule has 5 atom stereocenters. The molecule has 3 fully saturated rings. The van der Waals surface area contributed by atoms with Crippen LogP contribution in [-0.4, -0.2) is 79.6 Å². The van der Waals surface area contributed by atoms with Gasteiger partial charge in [-0.1, -0.05) is 39.7 Å². The molecule has 0 aromatic carbocycles. The molecule has 3 rings (SSSR count). The highest BCUT2D eigenvalue weighted by molar-refractivity contribution is 7.92. The molecule has 0 bridgehead atoms. The van der Waals surface area contributed by atoms with Crippen LogP contribution in [0.3, 0.4) is 0 Å². The van der Waals surface area contributed by atoms with E-state index in [0.717, 1.165) is 24.7 Å². The van der Waals surface area contributed by atoms with E-state index in [1.54, 1.807) is 20.8 Å². The van der Waals surface area contributed by atoms with E-state index in [9.17, 15) is 32.4 Å². The predicted molar refractivity (Wildman–Crippen MR) is 151 cm³/mol. The number of carbonyl (C=O) groups excluding carboxylic acids is 5. The van der Waals surface area contributed by atoms with Crippen LogP contribution in [0.1, 0.15) is 66.7 Å². The van der Waals surface area contributed by atoms with Gasteiger partial charge in [-0.25, -0.2) is 17.9 Å². The van der Waals surface area contributed by atoms with Gasteiger partial charge in [-0.05, 0) is 56.8 Å². The SMILES string of the molecule is C=CS(=O)(=O)NCC[C@H](NC(=O)NC(C)(C)C)C(=O)N1C[C@H]2[C@@H]([C@H]1C(=O)NC(CC1CCC1)C(=O)C(N)=O)C2(C)C. The van der Waals surface area contributed by atoms with Crippen LogP contribution in [0.2, 0.25) is 0 Å². The minimum Gasteiger partial charge on any atom is -0.363 e. The van der Waals surface area contributed by atoms with Crippen molar-refractivity contribution in [3.05, 3.63) is 12.0 Å². The molecule has 0 radical (unpaired) electrons. The molecule has 1 heterocycles. The van der Waals surface area contributed by atoms with Gasteiger partial charge >= 0.3 is 6.03 Å². The zero-order valence-corrected chi connectivity index (χ0v) is 25.3.